The molecule has 4 heteroatoms. The van der Waals surface area contributed by atoms with Gasteiger partial charge in [-0.25, -0.2) is 8.78 Å². The molecule has 0 radical (unpaired) electrons. The number of amides is 1. The number of halogens is 2. The van der Waals surface area contributed by atoms with Crippen LogP contribution >= 0.6 is 0 Å². The van der Waals surface area contributed by atoms with Crippen molar-refractivity contribution in [2.45, 2.75) is 18.4 Å². The van der Waals surface area contributed by atoms with Crippen molar-refractivity contribution in [1.82, 2.24) is 5.32 Å². The van der Waals surface area contributed by atoms with Crippen LogP contribution in [0.3, 0.4) is 0 Å². The van der Waals surface area contributed by atoms with E-state index >= 15 is 0 Å². The van der Waals surface area contributed by atoms with Crippen LogP contribution in [0.25, 0.3) is 0 Å². The van der Waals surface area contributed by atoms with Gasteiger partial charge in [0.2, 0.25) is 0 Å². The summed E-state index contributed by atoms with van der Waals surface area (Å²) in [4.78, 5) is 12.1. The van der Waals surface area contributed by atoms with Gasteiger partial charge in [0.05, 0.1) is 5.54 Å². The van der Waals surface area contributed by atoms with Crippen LogP contribution < -0.4 is 5.32 Å². The Labute approximate surface area is 115 Å². The van der Waals surface area contributed by atoms with Gasteiger partial charge in [0.1, 0.15) is 11.6 Å². The van der Waals surface area contributed by atoms with Crippen LogP contribution in [0, 0.1) is 11.6 Å². The van der Waals surface area contributed by atoms with Gasteiger partial charge in [0.25, 0.3) is 5.91 Å². The molecule has 2 aromatic carbocycles. The zero-order chi connectivity index (χ0) is 14.2. The molecule has 0 unspecified atom stereocenters. The van der Waals surface area contributed by atoms with Crippen LogP contribution in [0.1, 0.15) is 28.8 Å². The van der Waals surface area contributed by atoms with Gasteiger partial charge < -0.3 is 5.32 Å². The number of carbonyl (C=O) groups excluding carboxylic acids is 1. The summed E-state index contributed by atoms with van der Waals surface area (Å²) < 4.78 is 26.4. The second kappa shape index (κ2) is 4.71. The van der Waals surface area contributed by atoms with E-state index in [1.54, 1.807) is 18.2 Å². The molecule has 1 amide bonds. The second-order valence-electron chi connectivity index (χ2n) is 5.06. The molecule has 0 aromatic heterocycles. The average Bonchev–Trinajstić information content (AvgIpc) is 3.20. The maximum Gasteiger partial charge on any atom is 0.252 e. The van der Waals surface area contributed by atoms with Crippen LogP contribution in [-0.2, 0) is 5.54 Å². The highest BCUT2D eigenvalue weighted by molar-refractivity contribution is 5.95. The third-order valence-corrected chi connectivity index (χ3v) is 3.57. The maximum atomic E-state index is 13.3. The Morgan fingerprint density at radius 2 is 1.65 bits per heavy atom. The topological polar surface area (TPSA) is 29.1 Å². The molecular formula is C16H13F2NO. The molecule has 0 spiro atoms. The van der Waals surface area contributed by atoms with Crippen molar-refractivity contribution in [2.75, 3.05) is 0 Å². The molecule has 1 aliphatic rings. The van der Waals surface area contributed by atoms with Crippen molar-refractivity contribution < 1.29 is 13.6 Å². The van der Waals surface area contributed by atoms with Gasteiger partial charge in [-0.15, -0.1) is 0 Å². The summed E-state index contributed by atoms with van der Waals surface area (Å²) in [5.41, 5.74) is 0.515. The van der Waals surface area contributed by atoms with E-state index in [2.05, 4.69) is 5.32 Å². The number of hydrogen-bond donors (Lipinski definition) is 1. The first-order valence-corrected chi connectivity index (χ1v) is 6.43. The Bertz CT molecular complexity index is 665. The lowest BCUT2D eigenvalue weighted by atomic mass is 10.0. The molecule has 1 aliphatic carbocycles. The van der Waals surface area contributed by atoms with Gasteiger partial charge in [0.15, 0.2) is 0 Å². The van der Waals surface area contributed by atoms with E-state index < -0.39 is 11.4 Å². The molecule has 2 aromatic rings. The zero-order valence-electron chi connectivity index (χ0n) is 10.7. The molecule has 0 saturated heterocycles. The summed E-state index contributed by atoms with van der Waals surface area (Å²) in [6.45, 7) is 0. The Morgan fingerprint density at radius 1 is 1.00 bits per heavy atom. The minimum absolute atomic E-state index is 0.271. The third kappa shape index (κ3) is 2.41. The smallest absolute Gasteiger partial charge is 0.252 e. The van der Waals surface area contributed by atoms with E-state index in [4.69, 9.17) is 0 Å². The van der Waals surface area contributed by atoms with Crippen LogP contribution in [-0.4, -0.2) is 5.91 Å². The summed E-state index contributed by atoms with van der Waals surface area (Å²) in [6, 6.07) is 11.7. The van der Waals surface area contributed by atoms with E-state index in [1.807, 2.05) is 0 Å². The molecule has 20 heavy (non-hydrogen) atoms. The summed E-state index contributed by atoms with van der Waals surface area (Å²) in [5.74, 6) is -1.12. The van der Waals surface area contributed by atoms with E-state index in [1.165, 1.54) is 30.3 Å². The van der Waals surface area contributed by atoms with Crippen molar-refractivity contribution in [3.05, 3.63) is 71.3 Å². The van der Waals surface area contributed by atoms with Crippen molar-refractivity contribution in [2.24, 2.45) is 0 Å². The molecule has 1 N–H and O–H groups in total. The molecule has 0 heterocycles. The Kier molecular flexibility index (Phi) is 3.01. The fourth-order valence-corrected chi connectivity index (χ4v) is 2.32. The van der Waals surface area contributed by atoms with Gasteiger partial charge in [-0.05, 0) is 48.7 Å². The fourth-order valence-electron chi connectivity index (χ4n) is 2.32. The Morgan fingerprint density at radius 3 is 2.25 bits per heavy atom. The highest BCUT2D eigenvalue weighted by Crippen LogP contribution is 2.45. The predicted octanol–water partition coefficient (Wildman–Crippen LogP) is 3.38. The van der Waals surface area contributed by atoms with Crippen LogP contribution in [0.4, 0.5) is 8.78 Å². The van der Waals surface area contributed by atoms with Crippen molar-refractivity contribution in [3.63, 3.8) is 0 Å². The van der Waals surface area contributed by atoms with Crippen LogP contribution in [0.15, 0.2) is 48.5 Å². The standard InChI is InChI=1S/C16H13F2NO/c17-13-5-1-3-11(9-13)15(20)19-16(7-8-16)12-4-2-6-14(18)10-12/h1-6,9-10H,7-8H2,(H,19,20). The molecule has 102 valence electrons. The summed E-state index contributed by atoms with van der Waals surface area (Å²) >= 11 is 0. The lowest BCUT2D eigenvalue weighted by molar-refractivity contribution is 0.0930. The quantitative estimate of drug-likeness (QED) is 0.912. The van der Waals surface area contributed by atoms with Gasteiger partial charge >= 0.3 is 0 Å². The van der Waals surface area contributed by atoms with Gasteiger partial charge in [-0.1, -0.05) is 18.2 Å². The molecule has 0 bridgehead atoms. The van der Waals surface area contributed by atoms with Crippen LogP contribution in [0.2, 0.25) is 0 Å². The SMILES string of the molecule is O=C(NC1(c2cccc(F)c2)CC1)c1cccc(F)c1. The van der Waals surface area contributed by atoms with E-state index in [-0.39, 0.29) is 17.3 Å². The Hall–Kier alpha value is -2.23. The molecule has 0 aliphatic heterocycles. The maximum absolute atomic E-state index is 13.3. The largest absolute Gasteiger partial charge is 0.343 e. The van der Waals surface area contributed by atoms with E-state index in [9.17, 15) is 13.6 Å². The van der Waals surface area contributed by atoms with Gasteiger partial charge in [-0.3, -0.25) is 4.79 Å². The zero-order valence-corrected chi connectivity index (χ0v) is 10.7. The first-order valence-electron chi connectivity index (χ1n) is 6.43. The van der Waals surface area contributed by atoms with E-state index in [0.29, 0.717) is 0 Å². The minimum Gasteiger partial charge on any atom is -0.343 e. The minimum atomic E-state index is -0.508. The lowest BCUT2D eigenvalue weighted by Gasteiger charge is -2.18. The monoisotopic (exact) mass is 273 g/mol. The Balaban J connectivity index is 1.82. The highest BCUT2D eigenvalue weighted by atomic mass is 19.1. The number of nitrogens with one attached hydrogen (secondary N) is 1. The lowest BCUT2D eigenvalue weighted by Crippen LogP contribution is -2.34. The summed E-state index contributed by atoms with van der Waals surface area (Å²) in [7, 11) is 0. The van der Waals surface area contributed by atoms with Crippen molar-refractivity contribution in [1.29, 1.82) is 0 Å². The number of hydrogen-bond acceptors (Lipinski definition) is 1. The molecule has 1 fully saturated rings. The summed E-state index contributed by atoms with van der Waals surface area (Å²) in [6.07, 6.45) is 1.52. The molecule has 1 saturated carbocycles. The second-order valence-corrected chi connectivity index (χ2v) is 5.06. The number of benzene rings is 2. The average molecular weight is 273 g/mol. The molecular weight excluding hydrogens is 260 g/mol. The normalized spacial score (nSPS) is 15.7. The van der Waals surface area contributed by atoms with E-state index in [0.717, 1.165) is 18.4 Å². The van der Waals surface area contributed by atoms with Crippen molar-refractivity contribution >= 4 is 5.91 Å². The number of rotatable bonds is 3. The summed E-state index contributed by atoms with van der Waals surface area (Å²) in [5, 5.41) is 2.88. The number of carbonyl (C=O) groups is 1. The molecule has 2 nitrogen and oxygen atoms in total. The fraction of sp³-hybridized carbons (Fsp3) is 0.188. The molecule has 0 atom stereocenters. The van der Waals surface area contributed by atoms with Gasteiger partial charge in [0, 0.05) is 5.56 Å². The third-order valence-electron chi connectivity index (χ3n) is 3.57. The molecule has 3 rings (SSSR count). The highest BCUT2D eigenvalue weighted by Gasteiger charge is 2.45. The first kappa shape index (κ1) is 12.8. The first-order chi connectivity index (χ1) is 9.59. The predicted molar refractivity (Wildman–Crippen MR) is 71.2 cm³/mol. The van der Waals surface area contributed by atoms with Gasteiger partial charge in [-0.2, -0.15) is 0 Å². The van der Waals surface area contributed by atoms with Crippen molar-refractivity contribution in [3.8, 4) is 0 Å². The van der Waals surface area contributed by atoms with Crippen LogP contribution in [0.5, 0.6) is 0 Å².